The van der Waals surface area contributed by atoms with Crippen molar-refractivity contribution in [1.29, 1.82) is 0 Å². The van der Waals surface area contributed by atoms with Gasteiger partial charge in [0.2, 0.25) is 0 Å². The molecule has 1 aromatic heterocycles. The smallest absolute Gasteiger partial charge is 0.410 e. The highest BCUT2D eigenvalue weighted by Gasteiger charge is 2.26. The zero-order valence-corrected chi connectivity index (χ0v) is 20.8. The van der Waals surface area contributed by atoms with Gasteiger partial charge in [0.1, 0.15) is 12.2 Å². The van der Waals surface area contributed by atoms with Crippen molar-refractivity contribution in [3.63, 3.8) is 0 Å². The molecule has 2 aromatic rings. The van der Waals surface area contributed by atoms with Crippen LogP contribution >= 0.6 is 0 Å². The SMILES string of the molecule is CC(C)(C)OC(=O)N1CCN(c2ccc(C3=CCN(C(=O)OCc4ccccc4)CC3)nc2)CC1. The number of carbonyl (C=O) groups is 2. The second-order valence-corrected chi connectivity index (χ2v) is 9.82. The molecular weight excluding hydrogens is 444 g/mol. The fraction of sp³-hybridized carbons (Fsp3) is 0.444. The molecule has 1 fully saturated rings. The summed E-state index contributed by atoms with van der Waals surface area (Å²) in [7, 11) is 0. The summed E-state index contributed by atoms with van der Waals surface area (Å²) in [6, 6.07) is 13.8. The monoisotopic (exact) mass is 478 g/mol. The fourth-order valence-electron chi connectivity index (χ4n) is 4.11. The van der Waals surface area contributed by atoms with Crippen LogP contribution in [0.5, 0.6) is 0 Å². The number of piperazine rings is 1. The third-order valence-corrected chi connectivity index (χ3v) is 6.05. The summed E-state index contributed by atoms with van der Waals surface area (Å²) in [5, 5.41) is 0. The van der Waals surface area contributed by atoms with Gasteiger partial charge >= 0.3 is 12.2 Å². The first-order valence-electron chi connectivity index (χ1n) is 12.1. The fourth-order valence-corrected chi connectivity index (χ4v) is 4.11. The van der Waals surface area contributed by atoms with Crippen LogP contribution in [0.2, 0.25) is 0 Å². The van der Waals surface area contributed by atoms with Gasteiger partial charge in [-0.15, -0.1) is 0 Å². The molecule has 0 unspecified atom stereocenters. The third-order valence-electron chi connectivity index (χ3n) is 6.05. The van der Waals surface area contributed by atoms with E-state index in [1.807, 2.05) is 63.4 Å². The predicted octanol–water partition coefficient (Wildman–Crippen LogP) is 4.56. The molecular formula is C27H34N4O4. The number of carbonyl (C=O) groups excluding carboxylic acids is 2. The van der Waals surface area contributed by atoms with E-state index >= 15 is 0 Å². The standard InChI is InChI=1S/C27H34N4O4/c1-27(2,3)35-26(33)31-17-15-29(16-18-31)23-9-10-24(28-19-23)22-11-13-30(14-12-22)25(32)34-20-21-7-5-4-6-8-21/h4-11,19H,12-18,20H2,1-3H3. The van der Waals surface area contributed by atoms with Crippen molar-refractivity contribution < 1.29 is 19.1 Å². The molecule has 0 bridgehead atoms. The van der Waals surface area contributed by atoms with Crippen LogP contribution in [0.15, 0.2) is 54.7 Å². The molecule has 0 aliphatic carbocycles. The van der Waals surface area contributed by atoms with Crippen LogP contribution in [-0.2, 0) is 16.1 Å². The summed E-state index contributed by atoms with van der Waals surface area (Å²) in [5.74, 6) is 0. The zero-order chi connectivity index (χ0) is 24.8. The van der Waals surface area contributed by atoms with E-state index in [1.54, 1.807) is 9.80 Å². The zero-order valence-electron chi connectivity index (χ0n) is 20.8. The minimum atomic E-state index is -0.485. The quantitative estimate of drug-likeness (QED) is 0.641. The first-order chi connectivity index (χ1) is 16.8. The van der Waals surface area contributed by atoms with E-state index in [0.29, 0.717) is 26.2 Å². The van der Waals surface area contributed by atoms with Crippen LogP contribution in [0.3, 0.4) is 0 Å². The number of ether oxygens (including phenoxy) is 2. The molecule has 4 rings (SSSR count). The van der Waals surface area contributed by atoms with Crippen LogP contribution in [-0.4, -0.2) is 71.8 Å². The van der Waals surface area contributed by atoms with Gasteiger partial charge in [0, 0.05) is 39.3 Å². The summed E-state index contributed by atoms with van der Waals surface area (Å²) in [4.78, 5) is 35.0. The highest BCUT2D eigenvalue weighted by atomic mass is 16.6. The number of hydrogen-bond donors (Lipinski definition) is 0. The molecule has 1 saturated heterocycles. The summed E-state index contributed by atoms with van der Waals surface area (Å²) in [6.45, 7) is 9.76. The molecule has 0 atom stereocenters. The van der Waals surface area contributed by atoms with Gasteiger partial charge in [-0.3, -0.25) is 4.98 Å². The number of anilines is 1. The number of benzene rings is 1. The highest BCUT2D eigenvalue weighted by molar-refractivity contribution is 5.72. The Balaban J connectivity index is 1.26. The van der Waals surface area contributed by atoms with E-state index in [9.17, 15) is 9.59 Å². The molecule has 2 amide bonds. The topological polar surface area (TPSA) is 75.2 Å². The van der Waals surface area contributed by atoms with Gasteiger partial charge in [0.05, 0.1) is 17.6 Å². The number of rotatable bonds is 4. The van der Waals surface area contributed by atoms with Gasteiger partial charge in [-0.25, -0.2) is 9.59 Å². The third kappa shape index (κ3) is 6.74. The van der Waals surface area contributed by atoms with Crippen molar-refractivity contribution >= 4 is 23.4 Å². The molecule has 8 heteroatoms. The Bertz CT molecular complexity index is 1040. The molecule has 186 valence electrons. The van der Waals surface area contributed by atoms with Gasteiger partial charge in [-0.1, -0.05) is 36.4 Å². The van der Waals surface area contributed by atoms with E-state index in [0.717, 1.165) is 42.0 Å². The first kappa shape index (κ1) is 24.6. The molecule has 2 aliphatic rings. The van der Waals surface area contributed by atoms with E-state index in [1.165, 1.54) is 0 Å². The Labute approximate surface area is 207 Å². The Hall–Kier alpha value is -3.55. The van der Waals surface area contributed by atoms with Crippen molar-refractivity contribution in [3.8, 4) is 0 Å². The molecule has 2 aliphatic heterocycles. The number of aromatic nitrogens is 1. The van der Waals surface area contributed by atoms with Crippen molar-refractivity contribution in [3.05, 3.63) is 66.0 Å². The first-order valence-corrected chi connectivity index (χ1v) is 12.1. The second kappa shape index (κ2) is 10.8. The lowest BCUT2D eigenvalue weighted by Crippen LogP contribution is -2.50. The van der Waals surface area contributed by atoms with Crippen molar-refractivity contribution in [2.45, 2.75) is 39.4 Å². The van der Waals surface area contributed by atoms with Crippen LogP contribution in [0.1, 0.15) is 38.4 Å². The lowest BCUT2D eigenvalue weighted by Gasteiger charge is -2.36. The number of pyridine rings is 1. The van der Waals surface area contributed by atoms with Crippen LogP contribution in [0, 0.1) is 0 Å². The van der Waals surface area contributed by atoms with E-state index in [4.69, 9.17) is 9.47 Å². The Morgan fingerprint density at radius 3 is 2.26 bits per heavy atom. The van der Waals surface area contributed by atoms with Crippen LogP contribution in [0.4, 0.5) is 15.3 Å². The van der Waals surface area contributed by atoms with Gasteiger partial charge < -0.3 is 24.2 Å². The average molecular weight is 479 g/mol. The second-order valence-electron chi connectivity index (χ2n) is 9.82. The highest BCUT2D eigenvalue weighted by Crippen LogP contribution is 2.24. The molecule has 0 N–H and O–H groups in total. The van der Waals surface area contributed by atoms with E-state index < -0.39 is 5.60 Å². The van der Waals surface area contributed by atoms with Gasteiger partial charge in [0.25, 0.3) is 0 Å². The maximum absolute atomic E-state index is 12.4. The average Bonchev–Trinajstić information content (AvgIpc) is 2.87. The minimum absolute atomic E-state index is 0.257. The molecule has 3 heterocycles. The predicted molar refractivity (Wildman–Crippen MR) is 135 cm³/mol. The van der Waals surface area contributed by atoms with Crippen LogP contribution in [0.25, 0.3) is 5.57 Å². The Morgan fingerprint density at radius 2 is 1.66 bits per heavy atom. The summed E-state index contributed by atoms with van der Waals surface area (Å²) < 4.78 is 10.9. The normalized spacial score (nSPS) is 16.5. The van der Waals surface area contributed by atoms with Crippen molar-refractivity contribution in [1.82, 2.24) is 14.8 Å². The van der Waals surface area contributed by atoms with E-state index in [-0.39, 0.29) is 18.8 Å². The largest absolute Gasteiger partial charge is 0.445 e. The molecule has 0 spiro atoms. The Morgan fingerprint density at radius 1 is 0.914 bits per heavy atom. The number of hydrogen-bond acceptors (Lipinski definition) is 6. The summed E-state index contributed by atoms with van der Waals surface area (Å²) >= 11 is 0. The van der Waals surface area contributed by atoms with Gasteiger partial charge in [-0.05, 0) is 50.5 Å². The molecule has 8 nitrogen and oxygen atoms in total. The molecule has 0 saturated carbocycles. The Kier molecular flexibility index (Phi) is 7.58. The van der Waals surface area contributed by atoms with Gasteiger partial charge in [-0.2, -0.15) is 0 Å². The lowest BCUT2D eigenvalue weighted by atomic mass is 10.0. The number of amides is 2. The molecule has 1 aromatic carbocycles. The minimum Gasteiger partial charge on any atom is -0.445 e. The maximum Gasteiger partial charge on any atom is 0.410 e. The lowest BCUT2D eigenvalue weighted by molar-refractivity contribution is 0.0240. The van der Waals surface area contributed by atoms with Gasteiger partial charge in [0.15, 0.2) is 0 Å². The summed E-state index contributed by atoms with van der Waals surface area (Å²) in [5.41, 5.74) is 3.60. The number of nitrogens with zero attached hydrogens (tertiary/aromatic N) is 4. The maximum atomic E-state index is 12.4. The van der Waals surface area contributed by atoms with Crippen molar-refractivity contribution in [2.75, 3.05) is 44.2 Å². The van der Waals surface area contributed by atoms with Crippen LogP contribution < -0.4 is 4.90 Å². The summed E-state index contributed by atoms with van der Waals surface area (Å²) in [6.07, 6.45) is 4.13. The molecule has 35 heavy (non-hydrogen) atoms. The van der Waals surface area contributed by atoms with Crippen molar-refractivity contribution in [2.24, 2.45) is 0 Å². The molecule has 0 radical (unpaired) electrons. The van der Waals surface area contributed by atoms with E-state index in [2.05, 4.69) is 22.0 Å².